The summed E-state index contributed by atoms with van der Waals surface area (Å²) in [4.78, 5) is 30.1. The largest absolute Gasteiger partial charge is 0.497 e. The van der Waals surface area contributed by atoms with Crippen molar-refractivity contribution in [2.24, 2.45) is 0 Å². The van der Waals surface area contributed by atoms with E-state index in [4.69, 9.17) is 21.1 Å². The van der Waals surface area contributed by atoms with Crippen LogP contribution >= 0.6 is 11.6 Å². The number of halogens is 1. The zero-order valence-electron chi connectivity index (χ0n) is 27.9. The summed E-state index contributed by atoms with van der Waals surface area (Å²) in [6.07, 6.45) is 0.200. The first kappa shape index (κ1) is 36.3. The fourth-order valence-corrected chi connectivity index (χ4v) is 6.65. The summed E-state index contributed by atoms with van der Waals surface area (Å²) in [5.74, 6) is 0.197. The van der Waals surface area contributed by atoms with E-state index in [2.05, 4.69) is 5.32 Å². The van der Waals surface area contributed by atoms with Crippen LogP contribution < -0.4 is 19.1 Å². The fourth-order valence-electron chi connectivity index (χ4n) is 5.11. The molecule has 4 rings (SSSR count). The molecule has 2 amide bonds. The van der Waals surface area contributed by atoms with E-state index < -0.39 is 34.1 Å². The number of hydrogen-bond acceptors (Lipinski definition) is 6. The molecule has 0 unspecified atom stereocenters. The molecule has 0 aliphatic carbocycles. The second-order valence-corrected chi connectivity index (χ2v) is 14.5. The summed E-state index contributed by atoms with van der Waals surface area (Å²) in [7, 11) is -2.73. The predicted octanol–water partition coefficient (Wildman–Crippen LogP) is 6.50. The van der Waals surface area contributed by atoms with Gasteiger partial charge in [0.25, 0.3) is 10.0 Å². The summed E-state index contributed by atoms with van der Waals surface area (Å²) < 4.78 is 40.5. The van der Waals surface area contributed by atoms with E-state index in [1.165, 1.54) is 29.2 Å². The number of rotatable bonds is 14. The second-order valence-electron chi connectivity index (χ2n) is 12.2. The highest BCUT2D eigenvalue weighted by atomic mass is 35.5. The van der Waals surface area contributed by atoms with Gasteiger partial charge in [0, 0.05) is 23.5 Å². The number of methoxy groups -OCH3 is 1. The van der Waals surface area contributed by atoms with Crippen LogP contribution in [0.5, 0.6) is 11.5 Å². The Morgan fingerprint density at radius 2 is 1.50 bits per heavy atom. The molecule has 48 heavy (non-hydrogen) atoms. The number of carbonyl (C=O) groups excluding carboxylic acids is 2. The molecule has 1 atom stereocenters. The number of nitrogens with one attached hydrogen (secondary N) is 1. The second kappa shape index (κ2) is 16.0. The molecule has 0 saturated carbocycles. The molecular formula is C37H42ClN3O6S. The quantitative estimate of drug-likeness (QED) is 0.162. The first-order valence-corrected chi connectivity index (χ1v) is 17.4. The number of sulfonamides is 1. The summed E-state index contributed by atoms with van der Waals surface area (Å²) in [5.41, 5.74) is 1.20. The molecule has 0 aliphatic rings. The lowest BCUT2D eigenvalue weighted by Gasteiger charge is -2.35. The van der Waals surface area contributed by atoms with Crippen LogP contribution in [0, 0.1) is 0 Å². The molecule has 11 heteroatoms. The van der Waals surface area contributed by atoms with Gasteiger partial charge in [-0.25, -0.2) is 8.42 Å². The van der Waals surface area contributed by atoms with Gasteiger partial charge in [-0.3, -0.25) is 13.9 Å². The number of benzene rings is 4. The lowest BCUT2D eigenvalue weighted by atomic mass is 10.0. The third-order valence-corrected chi connectivity index (χ3v) is 9.41. The van der Waals surface area contributed by atoms with Gasteiger partial charge in [0.05, 0.1) is 24.3 Å². The third-order valence-electron chi connectivity index (χ3n) is 7.37. The van der Waals surface area contributed by atoms with Crippen molar-refractivity contribution in [3.8, 4) is 11.5 Å². The van der Waals surface area contributed by atoms with E-state index in [-0.39, 0.29) is 29.5 Å². The minimum atomic E-state index is -4.28. The molecule has 0 aromatic heterocycles. The van der Waals surface area contributed by atoms with E-state index in [0.29, 0.717) is 28.7 Å². The Morgan fingerprint density at radius 1 is 0.854 bits per heavy atom. The Labute approximate surface area is 288 Å². The first-order chi connectivity index (χ1) is 22.8. The standard InChI is InChI=1S/C37H42ClN3O6S/c1-6-47-31-19-17-30(18-20-31)41(48(44,45)33-21-15-29(38)16-22-33)26-35(42)40(25-28-13-10-14-32(23-28)46-5)34(36(43)39-37(2,3)4)24-27-11-8-7-9-12-27/h7-23,34H,6,24-26H2,1-5H3,(H,39,43)/t34-/m0/s1. The zero-order valence-corrected chi connectivity index (χ0v) is 29.4. The summed E-state index contributed by atoms with van der Waals surface area (Å²) in [6.45, 7) is 7.31. The number of ether oxygens (including phenoxy) is 2. The minimum absolute atomic E-state index is 0.0171. The van der Waals surface area contributed by atoms with E-state index in [9.17, 15) is 18.0 Å². The maximum absolute atomic E-state index is 14.7. The molecule has 0 radical (unpaired) electrons. The number of anilines is 1. The minimum Gasteiger partial charge on any atom is -0.497 e. The SMILES string of the molecule is CCOc1ccc(N(CC(=O)N(Cc2cccc(OC)c2)[C@@H](Cc2ccccc2)C(=O)NC(C)(C)C)S(=O)(=O)c2ccc(Cl)cc2)cc1. The maximum Gasteiger partial charge on any atom is 0.264 e. The van der Waals surface area contributed by atoms with Gasteiger partial charge in [-0.15, -0.1) is 0 Å². The van der Waals surface area contributed by atoms with Crippen molar-refractivity contribution in [2.45, 2.75) is 57.1 Å². The highest BCUT2D eigenvalue weighted by molar-refractivity contribution is 7.92. The topological polar surface area (TPSA) is 105 Å². The Hall–Kier alpha value is -4.54. The van der Waals surface area contributed by atoms with E-state index in [1.807, 2.05) is 64.1 Å². The van der Waals surface area contributed by atoms with Crippen molar-refractivity contribution in [2.75, 3.05) is 24.6 Å². The van der Waals surface area contributed by atoms with E-state index in [0.717, 1.165) is 9.87 Å². The van der Waals surface area contributed by atoms with E-state index in [1.54, 1.807) is 49.6 Å². The van der Waals surface area contributed by atoms with Gasteiger partial charge >= 0.3 is 0 Å². The molecule has 0 fully saturated rings. The monoisotopic (exact) mass is 691 g/mol. The van der Waals surface area contributed by atoms with Gasteiger partial charge in [-0.2, -0.15) is 0 Å². The van der Waals surface area contributed by atoms with Crippen molar-refractivity contribution in [3.63, 3.8) is 0 Å². The van der Waals surface area contributed by atoms with Crippen LogP contribution in [0.1, 0.15) is 38.8 Å². The molecule has 0 bridgehead atoms. The summed E-state index contributed by atoms with van der Waals surface area (Å²) in [5, 5.41) is 3.40. The van der Waals surface area contributed by atoms with Crippen LogP contribution in [0.4, 0.5) is 5.69 Å². The molecule has 254 valence electrons. The van der Waals surface area contributed by atoms with E-state index >= 15 is 0 Å². The highest BCUT2D eigenvalue weighted by Gasteiger charge is 2.35. The molecule has 9 nitrogen and oxygen atoms in total. The summed E-state index contributed by atoms with van der Waals surface area (Å²) >= 11 is 6.08. The summed E-state index contributed by atoms with van der Waals surface area (Å²) in [6, 6.07) is 27.9. The molecule has 0 spiro atoms. The smallest absolute Gasteiger partial charge is 0.264 e. The molecule has 0 aliphatic heterocycles. The van der Waals surface area contributed by atoms with Crippen LogP contribution in [0.25, 0.3) is 0 Å². The average molecular weight is 692 g/mol. The first-order valence-electron chi connectivity index (χ1n) is 15.6. The van der Waals surface area contributed by atoms with Crippen LogP contribution in [-0.4, -0.2) is 57.0 Å². The lowest BCUT2D eigenvalue weighted by molar-refractivity contribution is -0.140. The number of nitrogens with zero attached hydrogens (tertiary/aromatic N) is 2. The van der Waals surface area contributed by atoms with Crippen LogP contribution in [0.15, 0.2) is 108 Å². The Kier molecular flexibility index (Phi) is 12.1. The van der Waals surface area contributed by atoms with Gasteiger partial charge < -0.3 is 19.7 Å². The molecule has 4 aromatic carbocycles. The fraction of sp³-hybridized carbons (Fsp3) is 0.297. The van der Waals surface area contributed by atoms with Gasteiger partial charge in [0.1, 0.15) is 24.1 Å². The number of amides is 2. The maximum atomic E-state index is 14.7. The van der Waals surface area contributed by atoms with Crippen molar-refractivity contribution in [1.82, 2.24) is 10.2 Å². The molecule has 4 aromatic rings. The highest BCUT2D eigenvalue weighted by Crippen LogP contribution is 2.28. The normalized spacial score (nSPS) is 12.1. The molecule has 1 N–H and O–H groups in total. The number of carbonyl (C=O) groups is 2. The van der Waals surface area contributed by atoms with Gasteiger partial charge in [-0.1, -0.05) is 54.1 Å². The molecule has 0 saturated heterocycles. The molecular weight excluding hydrogens is 650 g/mol. The predicted molar refractivity (Wildman–Crippen MR) is 189 cm³/mol. The zero-order chi connectivity index (χ0) is 34.9. The van der Waals surface area contributed by atoms with Crippen molar-refractivity contribution in [1.29, 1.82) is 0 Å². The number of hydrogen-bond donors (Lipinski definition) is 1. The Bertz CT molecular complexity index is 1780. The van der Waals surface area contributed by atoms with Crippen molar-refractivity contribution in [3.05, 3.63) is 119 Å². The Balaban J connectivity index is 1.83. The lowest BCUT2D eigenvalue weighted by Crippen LogP contribution is -2.56. The average Bonchev–Trinajstić information content (AvgIpc) is 3.05. The van der Waals surface area contributed by atoms with Crippen LogP contribution in [-0.2, 0) is 32.6 Å². The van der Waals surface area contributed by atoms with Gasteiger partial charge in [0.15, 0.2) is 0 Å². The van der Waals surface area contributed by atoms with Crippen LogP contribution in [0.2, 0.25) is 5.02 Å². The third kappa shape index (κ3) is 9.74. The van der Waals surface area contributed by atoms with Crippen LogP contribution in [0.3, 0.4) is 0 Å². The van der Waals surface area contributed by atoms with Gasteiger partial charge in [0.2, 0.25) is 11.8 Å². The van der Waals surface area contributed by atoms with Crippen molar-refractivity contribution < 1.29 is 27.5 Å². The molecule has 0 heterocycles. The Morgan fingerprint density at radius 3 is 2.10 bits per heavy atom. The van der Waals surface area contributed by atoms with Crippen molar-refractivity contribution >= 4 is 39.1 Å². The van der Waals surface area contributed by atoms with Gasteiger partial charge in [-0.05, 0) is 99.5 Å².